The number of guanidine groups is 1. The van der Waals surface area contributed by atoms with Crippen LogP contribution >= 0.6 is 0 Å². The number of para-hydroxylation sites is 1. The molecule has 140 valence electrons. The van der Waals surface area contributed by atoms with E-state index in [-0.39, 0.29) is 5.41 Å². The molecule has 1 aliphatic carbocycles. The molecule has 2 aromatic rings. The summed E-state index contributed by atoms with van der Waals surface area (Å²) in [5.74, 6) is 1.79. The maximum atomic E-state index is 5.64. The first-order chi connectivity index (χ1) is 12.7. The number of ether oxygens (including phenoxy) is 1. The van der Waals surface area contributed by atoms with Crippen LogP contribution in [0.25, 0.3) is 0 Å². The number of nitrogens with one attached hydrogen (secondary N) is 2. The van der Waals surface area contributed by atoms with Gasteiger partial charge in [-0.15, -0.1) is 0 Å². The highest BCUT2D eigenvalue weighted by molar-refractivity contribution is 5.79. The average Bonchev–Trinajstić information content (AvgIpc) is 3.32. The summed E-state index contributed by atoms with van der Waals surface area (Å²) in [5.41, 5.74) is 2.51. The molecule has 1 aromatic carbocycles. The molecule has 6 heteroatoms. The largest absolute Gasteiger partial charge is 0.496 e. The van der Waals surface area contributed by atoms with Gasteiger partial charge in [0, 0.05) is 37.8 Å². The Morgan fingerprint density at radius 2 is 2.00 bits per heavy atom. The molecule has 0 saturated heterocycles. The molecule has 0 atom stereocenters. The smallest absolute Gasteiger partial charge is 0.191 e. The zero-order chi connectivity index (χ0) is 18.4. The van der Waals surface area contributed by atoms with Crippen LogP contribution in [0.4, 0.5) is 0 Å². The number of methoxy groups -OCH3 is 1. The van der Waals surface area contributed by atoms with Crippen LogP contribution in [0.3, 0.4) is 0 Å². The first-order valence-electron chi connectivity index (χ1n) is 9.23. The quantitative estimate of drug-likeness (QED) is 0.618. The first kappa shape index (κ1) is 18.3. The molecule has 26 heavy (non-hydrogen) atoms. The lowest BCUT2D eigenvalue weighted by Gasteiger charge is -2.32. The van der Waals surface area contributed by atoms with Gasteiger partial charge >= 0.3 is 0 Å². The molecule has 1 heterocycles. The van der Waals surface area contributed by atoms with Gasteiger partial charge in [-0.2, -0.15) is 5.10 Å². The van der Waals surface area contributed by atoms with Crippen molar-refractivity contribution in [2.75, 3.05) is 20.7 Å². The summed E-state index contributed by atoms with van der Waals surface area (Å²) in [5, 5.41) is 11.1. The molecular formula is C20H29N5O. The minimum absolute atomic E-state index is 0.0940. The van der Waals surface area contributed by atoms with Crippen molar-refractivity contribution in [2.45, 2.75) is 37.6 Å². The fourth-order valence-corrected chi connectivity index (χ4v) is 3.90. The van der Waals surface area contributed by atoms with Crippen molar-refractivity contribution in [1.82, 2.24) is 20.4 Å². The van der Waals surface area contributed by atoms with E-state index in [4.69, 9.17) is 4.74 Å². The number of hydrogen-bond acceptors (Lipinski definition) is 3. The van der Waals surface area contributed by atoms with Gasteiger partial charge in [-0.3, -0.25) is 9.67 Å². The van der Waals surface area contributed by atoms with Crippen molar-refractivity contribution in [3.63, 3.8) is 0 Å². The maximum Gasteiger partial charge on any atom is 0.191 e. The number of hydrogen-bond donors (Lipinski definition) is 2. The second-order valence-corrected chi connectivity index (χ2v) is 6.91. The highest BCUT2D eigenvalue weighted by atomic mass is 16.5. The third-order valence-corrected chi connectivity index (χ3v) is 5.42. The molecular weight excluding hydrogens is 326 g/mol. The Balaban J connectivity index is 1.69. The summed E-state index contributed by atoms with van der Waals surface area (Å²) < 4.78 is 7.51. The van der Waals surface area contributed by atoms with Crippen molar-refractivity contribution >= 4 is 5.96 Å². The molecule has 2 N–H and O–H groups in total. The summed E-state index contributed by atoms with van der Waals surface area (Å²) in [6.45, 7) is 1.54. The topological polar surface area (TPSA) is 63.5 Å². The number of aryl methyl sites for hydroxylation is 1. The number of aromatic nitrogens is 2. The SMILES string of the molecule is CN=C(NCc1ccnn1C)NCC1(c2ccccc2OC)CCCC1. The van der Waals surface area contributed by atoms with Gasteiger partial charge in [0.15, 0.2) is 5.96 Å². The maximum absolute atomic E-state index is 5.64. The summed E-state index contributed by atoms with van der Waals surface area (Å²) in [6.07, 6.45) is 6.64. The predicted molar refractivity (Wildman–Crippen MR) is 105 cm³/mol. The van der Waals surface area contributed by atoms with E-state index < -0.39 is 0 Å². The van der Waals surface area contributed by atoms with Gasteiger partial charge in [-0.25, -0.2) is 0 Å². The van der Waals surface area contributed by atoms with Crippen LogP contribution in [0.15, 0.2) is 41.5 Å². The van der Waals surface area contributed by atoms with Crippen molar-refractivity contribution in [2.24, 2.45) is 12.0 Å². The Bertz CT molecular complexity index is 746. The molecule has 1 aliphatic rings. The molecule has 0 radical (unpaired) electrons. The molecule has 1 fully saturated rings. The Labute approximate surface area is 155 Å². The minimum Gasteiger partial charge on any atom is -0.496 e. The number of nitrogens with zero attached hydrogens (tertiary/aromatic N) is 3. The highest BCUT2D eigenvalue weighted by Crippen LogP contribution is 2.44. The molecule has 0 unspecified atom stereocenters. The number of benzene rings is 1. The predicted octanol–water partition coefficient (Wildman–Crippen LogP) is 2.61. The fourth-order valence-electron chi connectivity index (χ4n) is 3.90. The van der Waals surface area contributed by atoms with Crippen LogP contribution in [0.1, 0.15) is 36.9 Å². The van der Waals surface area contributed by atoms with Crippen molar-refractivity contribution < 1.29 is 4.74 Å². The molecule has 6 nitrogen and oxygen atoms in total. The third-order valence-electron chi connectivity index (χ3n) is 5.42. The lowest BCUT2D eigenvalue weighted by molar-refractivity contribution is 0.371. The van der Waals surface area contributed by atoms with Gasteiger partial charge in [0.2, 0.25) is 0 Å². The Hall–Kier alpha value is -2.50. The molecule has 0 spiro atoms. The van der Waals surface area contributed by atoms with E-state index in [1.54, 1.807) is 7.11 Å². The third kappa shape index (κ3) is 3.84. The van der Waals surface area contributed by atoms with Gasteiger partial charge in [0.1, 0.15) is 5.75 Å². The molecule has 1 aromatic heterocycles. The summed E-state index contributed by atoms with van der Waals surface area (Å²) in [6, 6.07) is 10.4. The minimum atomic E-state index is 0.0940. The number of aliphatic imine (C=N–C) groups is 1. The molecule has 0 amide bonds. The monoisotopic (exact) mass is 355 g/mol. The summed E-state index contributed by atoms with van der Waals surface area (Å²) in [7, 11) is 5.51. The first-order valence-corrected chi connectivity index (χ1v) is 9.23. The summed E-state index contributed by atoms with van der Waals surface area (Å²) in [4.78, 5) is 4.38. The van der Waals surface area contributed by atoms with Crippen LogP contribution in [0.5, 0.6) is 5.75 Å². The van der Waals surface area contributed by atoms with E-state index >= 15 is 0 Å². The fraction of sp³-hybridized carbons (Fsp3) is 0.500. The van der Waals surface area contributed by atoms with Crippen molar-refractivity contribution in [3.8, 4) is 5.75 Å². The van der Waals surface area contributed by atoms with Crippen molar-refractivity contribution in [1.29, 1.82) is 0 Å². The van der Waals surface area contributed by atoms with Gasteiger partial charge in [0.25, 0.3) is 0 Å². The van der Waals surface area contributed by atoms with Crippen molar-refractivity contribution in [3.05, 3.63) is 47.8 Å². The lowest BCUT2D eigenvalue weighted by atomic mass is 9.78. The van der Waals surface area contributed by atoms with Gasteiger partial charge in [-0.1, -0.05) is 31.0 Å². The van der Waals surface area contributed by atoms with E-state index in [0.29, 0.717) is 6.54 Å². The second-order valence-electron chi connectivity index (χ2n) is 6.91. The zero-order valence-electron chi connectivity index (χ0n) is 16.0. The van der Waals surface area contributed by atoms with Crippen LogP contribution in [0.2, 0.25) is 0 Å². The van der Waals surface area contributed by atoms with E-state index in [1.807, 2.05) is 37.1 Å². The standard InChI is InChI=1S/C20H29N5O/c1-21-19(22-14-16-10-13-24-25(16)2)23-15-20(11-6-7-12-20)17-8-4-5-9-18(17)26-3/h4-5,8-10,13H,6-7,11-12,14-15H2,1-3H3,(H2,21,22,23). The summed E-state index contributed by atoms with van der Waals surface area (Å²) >= 11 is 0. The molecule has 3 rings (SSSR count). The van der Waals surface area contributed by atoms with E-state index in [1.165, 1.54) is 31.2 Å². The van der Waals surface area contributed by atoms with E-state index in [2.05, 4.69) is 38.9 Å². The van der Waals surface area contributed by atoms with Gasteiger partial charge < -0.3 is 15.4 Å². The van der Waals surface area contributed by atoms with Crippen LogP contribution < -0.4 is 15.4 Å². The van der Waals surface area contributed by atoms with E-state index in [0.717, 1.165) is 23.9 Å². The average molecular weight is 355 g/mol. The van der Waals surface area contributed by atoms with Gasteiger partial charge in [-0.05, 0) is 25.0 Å². The van der Waals surface area contributed by atoms with Gasteiger partial charge in [0.05, 0.1) is 19.3 Å². The zero-order valence-corrected chi connectivity index (χ0v) is 16.0. The molecule has 1 saturated carbocycles. The highest BCUT2D eigenvalue weighted by Gasteiger charge is 2.37. The molecule has 0 bridgehead atoms. The van der Waals surface area contributed by atoms with Crippen LogP contribution in [-0.2, 0) is 19.0 Å². The van der Waals surface area contributed by atoms with Crippen LogP contribution in [-0.4, -0.2) is 36.4 Å². The number of rotatable bonds is 6. The molecule has 0 aliphatic heterocycles. The van der Waals surface area contributed by atoms with Crippen LogP contribution in [0, 0.1) is 0 Å². The lowest BCUT2D eigenvalue weighted by Crippen LogP contribution is -2.44. The Morgan fingerprint density at radius 3 is 2.65 bits per heavy atom. The normalized spacial score (nSPS) is 16.5. The Morgan fingerprint density at radius 1 is 1.23 bits per heavy atom. The Kier molecular flexibility index (Phi) is 5.81. The second kappa shape index (κ2) is 8.25. The van der Waals surface area contributed by atoms with E-state index in [9.17, 15) is 0 Å².